The molecule has 0 radical (unpaired) electrons. The van der Waals surface area contributed by atoms with Gasteiger partial charge in [-0.05, 0) is 38.5 Å². The van der Waals surface area contributed by atoms with E-state index in [1.807, 2.05) is 20.8 Å². The summed E-state index contributed by atoms with van der Waals surface area (Å²) >= 11 is 6.18. The number of hydrogen-bond donors (Lipinski definition) is 3. The van der Waals surface area contributed by atoms with Crippen LogP contribution in [0.25, 0.3) is 0 Å². The molecule has 0 heterocycles. The molecular formula is C17H27Cl2N3O3. The van der Waals surface area contributed by atoms with Gasteiger partial charge in [-0.25, -0.2) is 0 Å². The van der Waals surface area contributed by atoms with Gasteiger partial charge in [0.05, 0.1) is 23.1 Å². The first-order chi connectivity index (χ1) is 11.2. The van der Waals surface area contributed by atoms with E-state index in [0.717, 1.165) is 6.42 Å². The lowest BCUT2D eigenvalue weighted by Crippen LogP contribution is -2.42. The fourth-order valence-corrected chi connectivity index (χ4v) is 2.19. The molecule has 1 rings (SSSR count). The SMILES string of the molecule is CCC(C)(C)NC(=O)c1ccc(NC(=O)CC(CN)OC)cc1Cl.Cl. The molecule has 6 nitrogen and oxygen atoms in total. The number of rotatable bonds is 8. The van der Waals surface area contributed by atoms with Gasteiger partial charge in [0.2, 0.25) is 5.91 Å². The summed E-state index contributed by atoms with van der Waals surface area (Å²) in [6, 6.07) is 4.79. The van der Waals surface area contributed by atoms with E-state index >= 15 is 0 Å². The highest BCUT2D eigenvalue weighted by molar-refractivity contribution is 6.34. The lowest BCUT2D eigenvalue weighted by atomic mass is 10.0. The molecule has 1 unspecified atom stereocenters. The summed E-state index contributed by atoms with van der Waals surface area (Å²) in [6.45, 7) is 6.14. The molecule has 8 heteroatoms. The molecule has 4 N–H and O–H groups in total. The van der Waals surface area contributed by atoms with Gasteiger partial charge in [-0.1, -0.05) is 18.5 Å². The Morgan fingerprint density at radius 1 is 1.36 bits per heavy atom. The van der Waals surface area contributed by atoms with Crippen molar-refractivity contribution in [3.05, 3.63) is 28.8 Å². The Kier molecular flexibility index (Phi) is 10.0. The maximum atomic E-state index is 12.3. The van der Waals surface area contributed by atoms with E-state index in [9.17, 15) is 9.59 Å². The largest absolute Gasteiger partial charge is 0.380 e. The molecule has 0 aliphatic carbocycles. The van der Waals surface area contributed by atoms with Crippen LogP contribution in [0.2, 0.25) is 5.02 Å². The maximum absolute atomic E-state index is 12.3. The number of benzene rings is 1. The van der Waals surface area contributed by atoms with E-state index in [4.69, 9.17) is 22.1 Å². The first kappa shape index (κ1) is 23.7. The number of carbonyl (C=O) groups excluding carboxylic acids is 2. The van der Waals surface area contributed by atoms with Gasteiger partial charge >= 0.3 is 0 Å². The van der Waals surface area contributed by atoms with Crippen LogP contribution in [0.5, 0.6) is 0 Å². The lowest BCUT2D eigenvalue weighted by molar-refractivity contribution is -0.118. The lowest BCUT2D eigenvalue weighted by Gasteiger charge is -2.24. The Labute approximate surface area is 160 Å². The Morgan fingerprint density at radius 2 is 2.00 bits per heavy atom. The third-order valence-corrected chi connectivity index (χ3v) is 4.16. The molecule has 0 saturated carbocycles. The molecule has 0 fully saturated rings. The highest BCUT2D eigenvalue weighted by Crippen LogP contribution is 2.22. The van der Waals surface area contributed by atoms with Crippen molar-refractivity contribution in [2.24, 2.45) is 5.73 Å². The molecule has 0 spiro atoms. The minimum Gasteiger partial charge on any atom is -0.380 e. The zero-order valence-corrected chi connectivity index (χ0v) is 16.6. The molecule has 1 atom stereocenters. The number of anilines is 1. The van der Waals surface area contributed by atoms with E-state index in [-0.39, 0.29) is 53.9 Å². The number of hydrogen-bond acceptors (Lipinski definition) is 4. The average Bonchev–Trinajstić information content (AvgIpc) is 2.52. The first-order valence-corrected chi connectivity index (χ1v) is 8.25. The molecule has 1 aromatic rings. The molecular weight excluding hydrogens is 365 g/mol. The molecule has 0 saturated heterocycles. The van der Waals surface area contributed by atoms with Gasteiger partial charge < -0.3 is 21.1 Å². The van der Waals surface area contributed by atoms with Gasteiger partial charge in [-0.2, -0.15) is 0 Å². The van der Waals surface area contributed by atoms with Crippen LogP contribution < -0.4 is 16.4 Å². The Bertz CT molecular complexity index is 591. The molecule has 0 aliphatic rings. The van der Waals surface area contributed by atoms with Crippen LogP contribution in [-0.4, -0.2) is 37.1 Å². The maximum Gasteiger partial charge on any atom is 0.253 e. The predicted octanol–water partition coefficient (Wildman–Crippen LogP) is 2.98. The second-order valence-electron chi connectivity index (χ2n) is 6.23. The topological polar surface area (TPSA) is 93.5 Å². The zero-order chi connectivity index (χ0) is 18.3. The third-order valence-electron chi connectivity index (χ3n) is 3.84. The molecule has 25 heavy (non-hydrogen) atoms. The van der Waals surface area contributed by atoms with Crippen LogP contribution in [0.1, 0.15) is 44.0 Å². The molecule has 0 aliphatic heterocycles. The second kappa shape index (κ2) is 10.6. The molecule has 2 amide bonds. The predicted molar refractivity (Wildman–Crippen MR) is 104 cm³/mol. The van der Waals surface area contributed by atoms with Crippen LogP contribution in [0, 0.1) is 0 Å². The molecule has 1 aromatic carbocycles. The van der Waals surface area contributed by atoms with Crippen LogP contribution >= 0.6 is 24.0 Å². The van der Waals surface area contributed by atoms with E-state index in [0.29, 0.717) is 11.3 Å². The summed E-state index contributed by atoms with van der Waals surface area (Å²) in [5, 5.41) is 5.92. The number of ether oxygens (including phenoxy) is 1. The van der Waals surface area contributed by atoms with E-state index in [2.05, 4.69) is 10.6 Å². The van der Waals surface area contributed by atoms with Gasteiger partial charge in [0.25, 0.3) is 5.91 Å². The number of methoxy groups -OCH3 is 1. The van der Waals surface area contributed by atoms with Gasteiger partial charge in [-0.15, -0.1) is 12.4 Å². The van der Waals surface area contributed by atoms with Crippen molar-refractivity contribution in [3.8, 4) is 0 Å². The van der Waals surface area contributed by atoms with Gasteiger partial charge in [-0.3, -0.25) is 9.59 Å². The van der Waals surface area contributed by atoms with E-state index < -0.39 is 0 Å². The first-order valence-electron chi connectivity index (χ1n) is 7.87. The number of amides is 2. The van der Waals surface area contributed by atoms with Gasteiger partial charge in [0.1, 0.15) is 0 Å². The summed E-state index contributed by atoms with van der Waals surface area (Å²) in [4.78, 5) is 24.2. The number of carbonyl (C=O) groups is 2. The minimum atomic E-state index is -0.332. The Morgan fingerprint density at radius 3 is 2.48 bits per heavy atom. The fraction of sp³-hybridized carbons (Fsp3) is 0.529. The van der Waals surface area contributed by atoms with E-state index in [1.165, 1.54) is 7.11 Å². The standard InChI is InChI=1S/C17H26ClN3O3.ClH/c1-5-17(2,3)21-16(23)13-7-6-11(8-14(13)18)20-15(22)9-12(10-19)24-4;/h6-8,12H,5,9-10,19H2,1-4H3,(H,20,22)(H,21,23);1H. The zero-order valence-electron chi connectivity index (χ0n) is 15.0. The van der Waals surface area contributed by atoms with Crippen molar-refractivity contribution in [1.82, 2.24) is 5.32 Å². The molecule has 0 aromatic heterocycles. The molecule has 0 bridgehead atoms. The highest BCUT2D eigenvalue weighted by atomic mass is 35.5. The number of nitrogens with two attached hydrogens (primary N) is 1. The summed E-state index contributed by atoms with van der Waals surface area (Å²) < 4.78 is 5.07. The Hall–Kier alpha value is -1.34. The summed E-state index contributed by atoms with van der Waals surface area (Å²) in [5.41, 5.74) is 6.06. The van der Waals surface area contributed by atoms with Crippen LogP contribution in [-0.2, 0) is 9.53 Å². The van der Waals surface area contributed by atoms with Crippen molar-refractivity contribution in [2.45, 2.75) is 45.3 Å². The van der Waals surface area contributed by atoms with Crippen molar-refractivity contribution >= 4 is 41.5 Å². The summed E-state index contributed by atoms with van der Waals surface area (Å²) in [6.07, 6.45) is 0.617. The summed E-state index contributed by atoms with van der Waals surface area (Å²) in [5.74, 6) is -0.472. The van der Waals surface area contributed by atoms with Crippen LogP contribution in [0.15, 0.2) is 18.2 Å². The smallest absolute Gasteiger partial charge is 0.253 e. The fourth-order valence-electron chi connectivity index (χ4n) is 1.92. The monoisotopic (exact) mass is 391 g/mol. The average molecular weight is 392 g/mol. The van der Waals surface area contributed by atoms with Crippen molar-refractivity contribution in [1.29, 1.82) is 0 Å². The van der Waals surface area contributed by atoms with Crippen molar-refractivity contribution < 1.29 is 14.3 Å². The third kappa shape index (κ3) is 7.61. The number of nitrogens with one attached hydrogen (secondary N) is 2. The van der Waals surface area contributed by atoms with Gasteiger partial charge in [0.15, 0.2) is 0 Å². The van der Waals surface area contributed by atoms with Crippen molar-refractivity contribution in [3.63, 3.8) is 0 Å². The summed E-state index contributed by atoms with van der Waals surface area (Å²) in [7, 11) is 1.51. The molecule has 142 valence electrons. The Balaban J connectivity index is 0.00000576. The van der Waals surface area contributed by atoms with Crippen molar-refractivity contribution in [2.75, 3.05) is 19.0 Å². The highest BCUT2D eigenvalue weighted by Gasteiger charge is 2.20. The number of halogens is 2. The van der Waals surface area contributed by atoms with Gasteiger partial charge in [0, 0.05) is 24.9 Å². The minimum absolute atomic E-state index is 0. The second-order valence-corrected chi connectivity index (χ2v) is 6.64. The van der Waals surface area contributed by atoms with Crippen LogP contribution in [0.4, 0.5) is 5.69 Å². The quantitative estimate of drug-likeness (QED) is 0.634. The van der Waals surface area contributed by atoms with E-state index in [1.54, 1.807) is 18.2 Å². The van der Waals surface area contributed by atoms with Crippen LogP contribution in [0.3, 0.4) is 0 Å². The normalized spacial score (nSPS) is 12.1.